The highest BCUT2D eigenvalue weighted by Crippen LogP contribution is 2.43. The molecule has 0 aliphatic rings. The van der Waals surface area contributed by atoms with Gasteiger partial charge in [0.1, 0.15) is 0 Å². The first-order chi connectivity index (χ1) is 30.2. The molecule has 12 rings (SSSR count). The predicted octanol–water partition coefficient (Wildman–Crippen LogP) is 15.7. The molecule has 0 atom stereocenters. The normalized spacial score (nSPS) is 11.6. The summed E-state index contributed by atoms with van der Waals surface area (Å²) >= 11 is 1.79. The SMILES string of the molecule is c1ccc(-c2cc(-c3ccc(-c4nc(-c5c(-c6cccc7ccccc67)ccc6ccccc56)nc(-c5cccc6c5sc5ccccc56)n4)cc3)cc3ccccc23)cc1. The van der Waals surface area contributed by atoms with Crippen LogP contribution in [0.5, 0.6) is 0 Å². The molecule has 0 saturated carbocycles. The summed E-state index contributed by atoms with van der Waals surface area (Å²) < 4.78 is 2.41. The topological polar surface area (TPSA) is 38.7 Å². The van der Waals surface area contributed by atoms with Gasteiger partial charge in [-0.15, -0.1) is 11.3 Å². The van der Waals surface area contributed by atoms with E-state index in [2.05, 4.69) is 212 Å². The highest BCUT2D eigenvalue weighted by molar-refractivity contribution is 7.26. The lowest BCUT2D eigenvalue weighted by molar-refractivity contribution is 1.08. The zero-order valence-corrected chi connectivity index (χ0v) is 33.8. The minimum atomic E-state index is 0.630. The Kier molecular flexibility index (Phi) is 8.36. The van der Waals surface area contributed by atoms with E-state index in [1.807, 2.05) is 0 Å². The van der Waals surface area contributed by atoms with Crippen LogP contribution in [0.2, 0.25) is 0 Å². The third-order valence-electron chi connectivity index (χ3n) is 11.9. The van der Waals surface area contributed by atoms with Crippen molar-refractivity contribution in [3.05, 3.63) is 212 Å². The van der Waals surface area contributed by atoms with Gasteiger partial charge in [0.05, 0.1) is 0 Å². The Morgan fingerprint density at radius 2 is 0.852 bits per heavy atom. The summed E-state index contributed by atoms with van der Waals surface area (Å²) in [5.41, 5.74) is 9.85. The van der Waals surface area contributed by atoms with E-state index in [0.717, 1.165) is 49.7 Å². The summed E-state index contributed by atoms with van der Waals surface area (Å²) in [6, 6.07) is 75.8. The Hall–Kier alpha value is -7.79. The molecule has 12 aromatic rings. The van der Waals surface area contributed by atoms with Gasteiger partial charge >= 0.3 is 0 Å². The van der Waals surface area contributed by atoms with Crippen LogP contribution in [0.1, 0.15) is 0 Å². The van der Waals surface area contributed by atoms with E-state index in [1.54, 1.807) is 11.3 Å². The molecule has 0 spiro atoms. The average Bonchev–Trinajstić information content (AvgIpc) is 3.72. The number of aromatic nitrogens is 3. The standard InChI is InChI=1S/C57H35N3S/c1-2-14-38(15-3-1)51-35-42(34-41-18-6-8-21-44(41)51)36-28-30-40(31-29-36)55-58-56(50-26-13-25-49-47-23-10-11-27-52(47)61-54(49)50)60-57(59-55)53-45-22-9-5-17-39(45)32-33-48(53)46-24-12-19-37-16-4-7-20-43(37)46/h1-35H. The number of hydrogen-bond acceptors (Lipinski definition) is 4. The van der Waals surface area contributed by atoms with E-state index < -0.39 is 0 Å². The Labute approximate surface area is 356 Å². The van der Waals surface area contributed by atoms with Gasteiger partial charge in [-0.05, 0) is 90.0 Å². The van der Waals surface area contributed by atoms with Crippen LogP contribution < -0.4 is 0 Å². The van der Waals surface area contributed by atoms with E-state index in [0.29, 0.717) is 17.5 Å². The summed E-state index contributed by atoms with van der Waals surface area (Å²) in [6.45, 7) is 0. The first-order valence-corrected chi connectivity index (χ1v) is 21.4. The quantitative estimate of drug-likeness (QED) is 0.168. The number of hydrogen-bond donors (Lipinski definition) is 0. The molecule has 0 N–H and O–H groups in total. The van der Waals surface area contributed by atoms with Gasteiger partial charge in [-0.25, -0.2) is 15.0 Å². The molecule has 0 aliphatic carbocycles. The van der Waals surface area contributed by atoms with E-state index >= 15 is 0 Å². The molecule has 0 radical (unpaired) electrons. The number of fused-ring (bicyclic) bond motifs is 6. The van der Waals surface area contributed by atoms with Gasteiger partial charge in [0.2, 0.25) is 0 Å². The Morgan fingerprint density at radius 1 is 0.279 bits per heavy atom. The fraction of sp³-hybridized carbons (Fsp3) is 0. The van der Waals surface area contributed by atoms with Gasteiger partial charge in [0.15, 0.2) is 17.5 Å². The van der Waals surface area contributed by atoms with Gasteiger partial charge in [0, 0.05) is 36.9 Å². The molecule has 0 saturated heterocycles. The molecule has 10 aromatic carbocycles. The highest BCUT2D eigenvalue weighted by Gasteiger charge is 2.21. The maximum absolute atomic E-state index is 5.45. The van der Waals surface area contributed by atoms with Crippen LogP contribution in [0, 0.1) is 0 Å². The molecular formula is C57H35N3S. The van der Waals surface area contributed by atoms with E-state index in [9.17, 15) is 0 Å². The zero-order chi connectivity index (χ0) is 40.3. The highest BCUT2D eigenvalue weighted by atomic mass is 32.1. The monoisotopic (exact) mass is 793 g/mol. The van der Waals surface area contributed by atoms with Crippen molar-refractivity contribution < 1.29 is 0 Å². The first-order valence-electron chi connectivity index (χ1n) is 20.6. The van der Waals surface area contributed by atoms with Crippen LogP contribution in [0.3, 0.4) is 0 Å². The van der Waals surface area contributed by atoms with Crippen LogP contribution in [-0.4, -0.2) is 15.0 Å². The van der Waals surface area contributed by atoms with Crippen LogP contribution >= 0.6 is 11.3 Å². The largest absolute Gasteiger partial charge is 0.208 e. The smallest absolute Gasteiger partial charge is 0.165 e. The molecule has 0 amide bonds. The van der Waals surface area contributed by atoms with Crippen LogP contribution in [-0.2, 0) is 0 Å². The maximum atomic E-state index is 5.45. The Bertz CT molecular complexity index is 3640. The van der Waals surface area contributed by atoms with Gasteiger partial charge < -0.3 is 0 Å². The van der Waals surface area contributed by atoms with E-state index in [1.165, 1.54) is 52.8 Å². The molecule has 0 fully saturated rings. The first kappa shape index (κ1) is 35.2. The number of benzene rings is 10. The zero-order valence-electron chi connectivity index (χ0n) is 33.0. The lowest BCUT2D eigenvalue weighted by atomic mass is 9.90. The summed E-state index contributed by atoms with van der Waals surface area (Å²) in [5.74, 6) is 1.92. The molecule has 61 heavy (non-hydrogen) atoms. The molecule has 4 heteroatoms. The van der Waals surface area contributed by atoms with Crippen LogP contribution in [0.25, 0.3) is 120 Å². The van der Waals surface area contributed by atoms with Gasteiger partial charge in [-0.2, -0.15) is 0 Å². The third kappa shape index (κ3) is 6.07. The van der Waals surface area contributed by atoms with Crippen molar-refractivity contribution in [2.24, 2.45) is 0 Å². The van der Waals surface area contributed by atoms with Crippen molar-refractivity contribution in [1.29, 1.82) is 0 Å². The lowest BCUT2D eigenvalue weighted by Gasteiger charge is -2.16. The van der Waals surface area contributed by atoms with Crippen molar-refractivity contribution in [1.82, 2.24) is 15.0 Å². The van der Waals surface area contributed by atoms with Gasteiger partial charge in [-0.3, -0.25) is 0 Å². The Morgan fingerprint density at radius 3 is 1.67 bits per heavy atom. The average molecular weight is 794 g/mol. The molecule has 0 bridgehead atoms. The minimum Gasteiger partial charge on any atom is -0.208 e. The minimum absolute atomic E-state index is 0.630. The van der Waals surface area contributed by atoms with Gasteiger partial charge in [-0.1, -0.05) is 188 Å². The fourth-order valence-electron chi connectivity index (χ4n) is 9.00. The van der Waals surface area contributed by atoms with Gasteiger partial charge in [0.25, 0.3) is 0 Å². The Balaban J connectivity index is 1.08. The van der Waals surface area contributed by atoms with E-state index in [4.69, 9.17) is 15.0 Å². The lowest BCUT2D eigenvalue weighted by Crippen LogP contribution is -2.02. The van der Waals surface area contributed by atoms with Crippen molar-refractivity contribution in [3.63, 3.8) is 0 Å². The van der Waals surface area contributed by atoms with Crippen molar-refractivity contribution in [2.45, 2.75) is 0 Å². The third-order valence-corrected chi connectivity index (χ3v) is 13.2. The summed E-state index contributed by atoms with van der Waals surface area (Å²) in [7, 11) is 0. The van der Waals surface area contributed by atoms with Crippen LogP contribution in [0.15, 0.2) is 212 Å². The summed E-state index contributed by atoms with van der Waals surface area (Å²) in [5, 5.41) is 9.50. The summed E-state index contributed by atoms with van der Waals surface area (Å²) in [6.07, 6.45) is 0. The predicted molar refractivity (Wildman–Crippen MR) is 258 cm³/mol. The van der Waals surface area contributed by atoms with E-state index in [-0.39, 0.29) is 0 Å². The number of rotatable bonds is 6. The second-order valence-electron chi connectivity index (χ2n) is 15.5. The second-order valence-corrected chi connectivity index (χ2v) is 16.6. The van der Waals surface area contributed by atoms with Crippen molar-refractivity contribution in [3.8, 4) is 67.5 Å². The molecule has 2 heterocycles. The van der Waals surface area contributed by atoms with Crippen LogP contribution in [0.4, 0.5) is 0 Å². The van der Waals surface area contributed by atoms with Crippen molar-refractivity contribution >= 4 is 63.8 Å². The molecule has 0 unspecified atom stereocenters. The molecule has 284 valence electrons. The molecule has 2 aromatic heterocycles. The fourth-order valence-corrected chi connectivity index (χ4v) is 10.2. The number of thiophene rings is 1. The summed E-state index contributed by atoms with van der Waals surface area (Å²) in [4.78, 5) is 16.2. The molecule has 0 aliphatic heterocycles. The number of nitrogens with zero attached hydrogens (tertiary/aromatic N) is 3. The maximum Gasteiger partial charge on any atom is 0.165 e. The second kappa shape index (κ2) is 14.5. The molecular weight excluding hydrogens is 759 g/mol. The van der Waals surface area contributed by atoms with Crippen molar-refractivity contribution in [2.75, 3.05) is 0 Å². The molecule has 3 nitrogen and oxygen atoms in total.